The Balaban J connectivity index is 1.55. The van der Waals surface area contributed by atoms with Gasteiger partial charge in [0.2, 0.25) is 0 Å². The number of halogens is 1. The van der Waals surface area contributed by atoms with Gasteiger partial charge >= 0.3 is 0 Å². The van der Waals surface area contributed by atoms with Crippen LogP contribution >= 0.6 is 15.9 Å². The monoisotopic (exact) mass is 360 g/mol. The van der Waals surface area contributed by atoms with Gasteiger partial charge in [-0.3, -0.25) is 9.69 Å². The molecule has 1 saturated carbocycles. The third-order valence-electron chi connectivity index (χ3n) is 4.29. The van der Waals surface area contributed by atoms with Crippen LogP contribution < -0.4 is 5.56 Å². The topological polar surface area (TPSA) is 61.9 Å². The molecular weight excluding hydrogens is 344 g/mol. The number of hydrogen-bond acceptors (Lipinski definition) is 4. The van der Waals surface area contributed by atoms with E-state index in [1.807, 2.05) is 18.2 Å². The molecule has 1 aliphatic carbocycles. The van der Waals surface area contributed by atoms with Gasteiger partial charge in [0.05, 0.1) is 17.0 Å². The zero-order valence-electron chi connectivity index (χ0n) is 12.2. The number of nitrogens with one attached hydrogen (secondary N) is 1. The lowest BCUT2D eigenvalue weighted by molar-refractivity contribution is 0.238. The average Bonchev–Trinajstić information content (AvgIpc) is 3.32. The van der Waals surface area contributed by atoms with Crippen LogP contribution in [-0.4, -0.2) is 26.4 Å². The van der Waals surface area contributed by atoms with Crippen molar-refractivity contribution in [2.45, 2.75) is 38.3 Å². The van der Waals surface area contributed by atoms with Gasteiger partial charge < -0.3 is 4.98 Å². The molecule has 114 valence electrons. The lowest BCUT2D eigenvalue weighted by Gasteiger charge is -2.27. The Hall–Kier alpha value is -1.53. The number of pyridine rings is 1. The fraction of sp³-hybridized carbons (Fsp3) is 0.438. The molecule has 1 aliphatic heterocycles. The van der Waals surface area contributed by atoms with Crippen molar-refractivity contribution in [3.63, 3.8) is 0 Å². The molecule has 2 aromatic rings. The summed E-state index contributed by atoms with van der Waals surface area (Å²) < 4.78 is 0.844. The van der Waals surface area contributed by atoms with Crippen molar-refractivity contribution in [1.82, 2.24) is 19.9 Å². The van der Waals surface area contributed by atoms with Gasteiger partial charge in [-0.2, -0.15) is 0 Å². The van der Waals surface area contributed by atoms with Crippen molar-refractivity contribution in [3.05, 3.63) is 55.9 Å². The molecule has 0 bridgehead atoms. The fourth-order valence-electron chi connectivity index (χ4n) is 2.95. The maximum atomic E-state index is 12.3. The summed E-state index contributed by atoms with van der Waals surface area (Å²) in [4.78, 5) is 26.7. The van der Waals surface area contributed by atoms with E-state index < -0.39 is 0 Å². The molecule has 0 saturated heterocycles. The molecule has 0 radical (unpaired) electrons. The molecule has 0 amide bonds. The summed E-state index contributed by atoms with van der Waals surface area (Å²) in [5.41, 5.74) is 2.87. The first-order chi connectivity index (χ1) is 10.7. The van der Waals surface area contributed by atoms with E-state index in [1.165, 1.54) is 0 Å². The van der Waals surface area contributed by atoms with Crippen LogP contribution in [0.15, 0.2) is 27.6 Å². The van der Waals surface area contributed by atoms with Crippen LogP contribution in [0.3, 0.4) is 0 Å². The van der Waals surface area contributed by atoms with Gasteiger partial charge in [-0.05, 0) is 40.9 Å². The van der Waals surface area contributed by atoms with E-state index in [1.54, 1.807) is 0 Å². The van der Waals surface area contributed by atoms with Gasteiger partial charge in [-0.15, -0.1) is 0 Å². The van der Waals surface area contributed by atoms with Crippen molar-refractivity contribution in [2.24, 2.45) is 0 Å². The van der Waals surface area contributed by atoms with Crippen molar-refractivity contribution in [3.8, 4) is 0 Å². The van der Waals surface area contributed by atoms with E-state index >= 15 is 0 Å². The first kappa shape index (κ1) is 14.1. The minimum absolute atomic E-state index is 0.0406. The van der Waals surface area contributed by atoms with E-state index in [4.69, 9.17) is 0 Å². The molecule has 2 aromatic heterocycles. The molecule has 3 heterocycles. The molecule has 2 aliphatic rings. The molecule has 4 rings (SSSR count). The van der Waals surface area contributed by atoms with Gasteiger partial charge in [0, 0.05) is 32.0 Å². The van der Waals surface area contributed by atoms with Crippen molar-refractivity contribution >= 4 is 15.9 Å². The summed E-state index contributed by atoms with van der Waals surface area (Å²) in [5, 5.41) is 0. The van der Waals surface area contributed by atoms with Crippen molar-refractivity contribution in [2.75, 3.05) is 6.54 Å². The summed E-state index contributed by atoms with van der Waals surface area (Å²) in [5.74, 6) is 1.38. The van der Waals surface area contributed by atoms with Crippen molar-refractivity contribution in [1.29, 1.82) is 0 Å². The summed E-state index contributed by atoms with van der Waals surface area (Å²) in [6.07, 6.45) is 3.15. The fourth-order valence-corrected chi connectivity index (χ4v) is 3.33. The van der Waals surface area contributed by atoms with E-state index in [9.17, 15) is 4.79 Å². The second-order valence-electron chi connectivity index (χ2n) is 6.06. The van der Waals surface area contributed by atoms with Crippen LogP contribution in [-0.2, 0) is 19.5 Å². The quantitative estimate of drug-likeness (QED) is 0.853. The molecule has 22 heavy (non-hydrogen) atoms. The first-order valence-electron chi connectivity index (χ1n) is 7.65. The lowest BCUT2D eigenvalue weighted by atomic mass is 10.1. The standard InChI is InChI=1S/C16H17BrN4O/c17-14-3-1-2-11(18-14)8-21-7-6-13-12(9-21)16(22)20-15(19-13)10-4-5-10/h1-3,10H,4-9H2,(H,19,20,22). The Labute approximate surface area is 136 Å². The maximum Gasteiger partial charge on any atom is 0.255 e. The molecule has 5 nitrogen and oxygen atoms in total. The zero-order chi connectivity index (χ0) is 15.1. The van der Waals surface area contributed by atoms with Crippen LogP contribution in [0.1, 0.15) is 41.5 Å². The second kappa shape index (κ2) is 5.59. The number of H-pyrrole nitrogens is 1. The van der Waals surface area contributed by atoms with Gasteiger partial charge in [-0.25, -0.2) is 9.97 Å². The van der Waals surface area contributed by atoms with Crippen molar-refractivity contribution < 1.29 is 0 Å². The van der Waals surface area contributed by atoms with Crippen LogP contribution in [0.5, 0.6) is 0 Å². The van der Waals surface area contributed by atoms with Gasteiger partial charge in [-0.1, -0.05) is 6.07 Å². The Bertz CT molecular complexity index is 769. The summed E-state index contributed by atoms with van der Waals surface area (Å²) in [6, 6.07) is 5.92. The normalized spacial score (nSPS) is 18.2. The molecule has 0 atom stereocenters. The predicted octanol–water partition coefficient (Wildman–Crippen LogP) is 2.36. The molecule has 1 fully saturated rings. The van der Waals surface area contributed by atoms with Crippen LogP contribution in [0.4, 0.5) is 0 Å². The number of nitrogens with zero attached hydrogens (tertiary/aromatic N) is 3. The first-order valence-corrected chi connectivity index (χ1v) is 8.44. The third-order valence-corrected chi connectivity index (χ3v) is 4.73. The largest absolute Gasteiger partial charge is 0.310 e. The van der Waals surface area contributed by atoms with Gasteiger partial charge in [0.15, 0.2) is 0 Å². The third kappa shape index (κ3) is 2.85. The summed E-state index contributed by atoms with van der Waals surface area (Å²) in [6.45, 7) is 2.32. The van der Waals surface area contributed by atoms with E-state index in [2.05, 4.69) is 35.8 Å². The molecule has 0 aromatic carbocycles. The summed E-state index contributed by atoms with van der Waals surface area (Å²) in [7, 11) is 0. The molecule has 1 N–H and O–H groups in total. The predicted molar refractivity (Wildman–Crippen MR) is 86.6 cm³/mol. The van der Waals surface area contributed by atoms with Crippen LogP contribution in [0, 0.1) is 0 Å². The Morgan fingerprint density at radius 3 is 2.95 bits per heavy atom. The Morgan fingerprint density at radius 1 is 1.32 bits per heavy atom. The highest BCUT2D eigenvalue weighted by atomic mass is 79.9. The molecule has 6 heteroatoms. The van der Waals surface area contributed by atoms with E-state index in [0.29, 0.717) is 12.5 Å². The average molecular weight is 361 g/mol. The highest BCUT2D eigenvalue weighted by Crippen LogP contribution is 2.37. The lowest BCUT2D eigenvalue weighted by Crippen LogP contribution is -2.36. The van der Waals surface area contributed by atoms with E-state index in [-0.39, 0.29) is 5.56 Å². The highest BCUT2D eigenvalue weighted by Gasteiger charge is 2.29. The second-order valence-corrected chi connectivity index (χ2v) is 6.88. The highest BCUT2D eigenvalue weighted by molar-refractivity contribution is 9.10. The SMILES string of the molecule is O=c1[nH]c(C2CC2)nc2c1CN(Cc1cccc(Br)n1)CC2. The Kier molecular flexibility index (Phi) is 3.58. The minimum Gasteiger partial charge on any atom is -0.310 e. The number of aromatic nitrogens is 3. The molecular formula is C16H17BrN4O. The van der Waals surface area contributed by atoms with Crippen LogP contribution in [0.2, 0.25) is 0 Å². The van der Waals surface area contributed by atoms with Crippen LogP contribution in [0.25, 0.3) is 0 Å². The maximum absolute atomic E-state index is 12.3. The number of rotatable bonds is 3. The smallest absolute Gasteiger partial charge is 0.255 e. The van der Waals surface area contributed by atoms with Gasteiger partial charge in [0.1, 0.15) is 10.4 Å². The molecule has 0 unspecified atom stereocenters. The van der Waals surface area contributed by atoms with E-state index in [0.717, 1.165) is 59.7 Å². The number of hydrogen-bond donors (Lipinski definition) is 1. The Morgan fingerprint density at radius 2 is 2.18 bits per heavy atom. The molecule has 0 spiro atoms. The minimum atomic E-state index is 0.0406. The number of aromatic amines is 1. The zero-order valence-corrected chi connectivity index (χ0v) is 13.8. The summed E-state index contributed by atoms with van der Waals surface area (Å²) >= 11 is 3.40. The number of fused-ring (bicyclic) bond motifs is 1. The van der Waals surface area contributed by atoms with Gasteiger partial charge in [0.25, 0.3) is 5.56 Å².